The van der Waals surface area contributed by atoms with Gasteiger partial charge < -0.3 is 9.88 Å². The van der Waals surface area contributed by atoms with E-state index in [4.69, 9.17) is 0 Å². The van der Waals surface area contributed by atoms with Crippen LogP contribution < -0.4 is 5.32 Å². The van der Waals surface area contributed by atoms with E-state index in [-0.39, 0.29) is 35.8 Å². The molecule has 1 aliphatic rings. The highest BCUT2D eigenvalue weighted by molar-refractivity contribution is 5.88. The number of nitro benzene ring substituents is 1. The normalized spacial score (nSPS) is 14.9. The number of nitrogens with zero attached hydrogens (tertiary/aromatic N) is 2. The van der Waals surface area contributed by atoms with E-state index in [1.165, 1.54) is 24.6 Å². The molecule has 37 heavy (non-hydrogen) atoms. The number of carbonyl (C=O) groups excluding carboxylic acids is 1. The quantitative estimate of drug-likeness (QED) is 0.216. The first-order chi connectivity index (χ1) is 18.0. The molecule has 6 nitrogen and oxygen atoms in total. The smallest absolute Gasteiger partial charge is 0.270 e. The number of amides is 1. The van der Waals surface area contributed by atoms with Crippen LogP contribution >= 0.6 is 0 Å². The minimum Gasteiger partial charge on any atom is -0.353 e. The number of benzene rings is 3. The summed E-state index contributed by atoms with van der Waals surface area (Å²) in [5.74, 6) is -0.794. The van der Waals surface area contributed by atoms with Crippen LogP contribution in [0.25, 0.3) is 10.9 Å². The van der Waals surface area contributed by atoms with E-state index < -0.39 is 4.92 Å². The van der Waals surface area contributed by atoms with Gasteiger partial charge >= 0.3 is 0 Å². The lowest BCUT2D eigenvalue weighted by molar-refractivity contribution is -0.384. The minimum atomic E-state index is -0.402. The second kappa shape index (κ2) is 10.9. The Balaban J connectivity index is 1.57. The monoisotopic (exact) mass is 499 g/mol. The van der Waals surface area contributed by atoms with Crippen molar-refractivity contribution in [2.75, 3.05) is 0 Å². The van der Waals surface area contributed by atoms with Crippen LogP contribution in [0.2, 0.25) is 0 Å². The third-order valence-corrected chi connectivity index (χ3v) is 7.31. The van der Waals surface area contributed by atoms with E-state index in [0.717, 1.165) is 53.3 Å². The number of aromatic nitrogens is 1. The van der Waals surface area contributed by atoms with Gasteiger partial charge in [0.25, 0.3) is 5.69 Å². The molecule has 0 bridgehead atoms. The molecular formula is C30H30FN3O3. The van der Waals surface area contributed by atoms with E-state index >= 15 is 0 Å². The zero-order chi connectivity index (χ0) is 25.8. The highest BCUT2D eigenvalue weighted by Gasteiger charge is 2.26. The molecule has 0 spiro atoms. The maximum absolute atomic E-state index is 13.8. The van der Waals surface area contributed by atoms with Crippen LogP contribution in [0.4, 0.5) is 10.1 Å². The van der Waals surface area contributed by atoms with Gasteiger partial charge in [-0.15, -0.1) is 0 Å². The number of rotatable bonds is 8. The highest BCUT2D eigenvalue weighted by Crippen LogP contribution is 2.37. The molecule has 0 aliphatic heterocycles. The molecule has 1 N–H and O–H groups in total. The summed E-state index contributed by atoms with van der Waals surface area (Å²) in [5, 5.41) is 15.5. The van der Waals surface area contributed by atoms with Crippen molar-refractivity contribution >= 4 is 22.5 Å². The van der Waals surface area contributed by atoms with Crippen LogP contribution in [0.1, 0.15) is 61.1 Å². The fraction of sp³-hybridized carbons (Fsp3) is 0.300. The Labute approximate surface area is 215 Å². The van der Waals surface area contributed by atoms with Crippen LogP contribution in [-0.2, 0) is 11.3 Å². The lowest BCUT2D eigenvalue weighted by Crippen LogP contribution is -2.36. The van der Waals surface area contributed by atoms with Gasteiger partial charge in [-0.2, -0.15) is 0 Å². The predicted octanol–water partition coefficient (Wildman–Crippen LogP) is 6.71. The van der Waals surface area contributed by atoms with E-state index in [9.17, 15) is 19.3 Å². The van der Waals surface area contributed by atoms with Crippen LogP contribution in [0.15, 0.2) is 79.0 Å². The number of carbonyl (C=O) groups is 1. The van der Waals surface area contributed by atoms with Crippen LogP contribution in [-0.4, -0.2) is 21.4 Å². The fourth-order valence-corrected chi connectivity index (χ4v) is 5.44. The molecule has 1 aliphatic carbocycles. The number of hydrogen-bond donors (Lipinski definition) is 1. The molecule has 0 unspecified atom stereocenters. The molecule has 1 aromatic heterocycles. The van der Waals surface area contributed by atoms with Gasteiger partial charge in [0.1, 0.15) is 5.82 Å². The Bertz CT molecular complexity index is 1390. The maximum atomic E-state index is 13.8. The van der Waals surface area contributed by atoms with Crippen LogP contribution in [0, 0.1) is 15.9 Å². The summed E-state index contributed by atoms with van der Waals surface area (Å²) in [7, 11) is 0. The number of nitrogens with one attached hydrogen (secondary N) is 1. The number of non-ortho nitro benzene ring substituents is 1. The second-order valence-electron chi connectivity index (χ2n) is 9.87. The van der Waals surface area contributed by atoms with Crippen molar-refractivity contribution in [2.45, 2.75) is 57.0 Å². The zero-order valence-electron chi connectivity index (χ0n) is 20.6. The summed E-state index contributed by atoms with van der Waals surface area (Å²) in [6, 6.07) is 21.2. The largest absolute Gasteiger partial charge is 0.353 e. The Morgan fingerprint density at radius 3 is 2.46 bits per heavy atom. The van der Waals surface area contributed by atoms with Gasteiger partial charge in [-0.05, 0) is 47.7 Å². The Hall–Kier alpha value is -4.00. The van der Waals surface area contributed by atoms with Gasteiger partial charge in [-0.3, -0.25) is 14.9 Å². The average molecular weight is 500 g/mol. The summed E-state index contributed by atoms with van der Waals surface area (Å²) in [6.07, 6.45) is 7.56. The number of hydrogen-bond acceptors (Lipinski definition) is 3. The van der Waals surface area contributed by atoms with Crippen molar-refractivity contribution in [2.24, 2.45) is 0 Å². The lowest BCUT2D eigenvalue weighted by atomic mass is 9.87. The summed E-state index contributed by atoms with van der Waals surface area (Å²) in [6.45, 7) is 0.583. The van der Waals surface area contributed by atoms with Gasteiger partial charge in [-0.1, -0.05) is 61.7 Å². The van der Waals surface area contributed by atoms with Gasteiger partial charge in [-0.25, -0.2) is 4.39 Å². The summed E-state index contributed by atoms with van der Waals surface area (Å²) in [5.41, 5.74) is 3.56. The van der Waals surface area contributed by atoms with Crippen molar-refractivity contribution in [3.63, 3.8) is 0 Å². The molecule has 5 rings (SSSR count). The first kappa shape index (κ1) is 24.7. The summed E-state index contributed by atoms with van der Waals surface area (Å²) < 4.78 is 15.9. The summed E-state index contributed by atoms with van der Waals surface area (Å²) >= 11 is 0. The molecule has 1 heterocycles. The third-order valence-electron chi connectivity index (χ3n) is 7.31. The van der Waals surface area contributed by atoms with Crippen LogP contribution in [0.5, 0.6) is 0 Å². The van der Waals surface area contributed by atoms with E-state index in [1.54, 1.807) is 24.3 Å². The van der Waals surface area contributed by atoms with E-state index in [2.05, 4.69) is 9.88 Å². The van der Waals surface area contributed by atoms with Crippen molar-refractivity contribution in [3.05, 3.63) is 112 Å². The molecule has 4 aromatic rings. The van der Waals surface area contributed by atoms with Crippen molar-refractivity contribution in [3.8, 4) is 0 Å². The topological polar surface area (TPSA) is 77.2 Å². The molecule has 1 atom stereocenters. The molecular weight excluding hydrogens is 469 g/mol. The van der Waals surface area contributed by atoms with Crippen molar-refractivity contribution in [1.29, 1.82) is 0 Å². The van der Waals surface area contributed by atoms with Gasteiger partial charge in [0.15, 0.2) is 0 Å². The van der Waals surface area contributed by atoms with Crippen molar-refractivity contribution < 1.29 is 14.1 Å². The molecule has 3 aromatic carbocycles. The Morgan fingerprint density at radius 2 is 1.76 bits per heavy atom. The van der Waals surface area contributed by atoms with Crippen LogP contribution in [0.3, 0.4) is 0 Å². The molecule has 190 valence electrons. The first-order valence-electron chi connectivity index (χ1n) is 12.8. The highest BCUT2D eigenvalue weighted by atomic mass is 19.1. The maximum Gasteiger partial charge on any atom is 0.270 e. The SMILES string of the molecule is O=C(C[C@H](c1ccc(F)cc1)c1cn(Cc2ccccc2)c2ccc([N+](=O)[O-])cc12)NC1CCCCC1. The number of nitro groups is 1. The molecule has 1 fully saturated rings. The molecule has 1 amide bonds. The Morgan fingerprint density at radius 1 is 1.03 bits per heavy atom. The fourth-order valence-electron chi connectivity index (χ4n) is 5.44. The Kier molecular flexibility index (Phi) is 7.30. The zero-order valence-corrected chi connectivity index (χ0v) is 20.6. The van der Waals surface area contributed by atoms with Gasteiger partial charge in [0, 0.05) is 54.2 Å². The predicted molar refractivity (Wildman–Crippen MR) is 142 cm³/mol. The number of halogens is 1. The first-order valence-corrected chi connectivity index (χ1v) is 12.8. The van der Waals surface area contributed by atoms with Gasteiger partial charge in [0.2, 0.25) is 5.91 Å². The minimum absolute atomic E-state index is 0.00396. The molecule has 7 heteroatoms. The number of fused-ring (bicyclic) bond motifs is 1. The molecule has 1 saturated carbocycles. The summed E-state index contributed by atoms with van der Waals surface area (Å²) in [4.78, 5) is 24.5. The third kappa shape index (κ3) is 5.71. The van der Waals surface area contributed by atoms with E-state index in [1.807, 2.05) is 36.5 Å². The van der Waals surface area contributed by atoms with E-state index in [0.29, 0.717) is 6.54 Å². The van der Waals surface area contributed by atoms with Crippen molar-refractivity contribution in [1.82, 2.24) is 9.88 Å². The molecule has 0 saturated heterocycles. The molecule has 0 radical (unpaired) electrons. The second-order valence-corrected chi connectivity index (χ2v) is 9.87. The standard InChI is InChI=1S/C30H30FN3O3/c31-23-13-11-22(12-14-23)26(18-30(35)32-24-9-5-2-6-10-24)28-20-33(19-21-7-3-1-4-8-21)29-16-15-25(34(36)37)17-27(28)29/h1,3-4,7-8,11-17,20,24,26H,2,5-6,9-10,18-19H2,(H,32,35)/t26-/m1/s1. The van der Waals surface area contributed by atoms with Gasteiger partial charge in [0.05, 0.1) is 4.92 Å². The lowest BCUT2D eigenvalue weighted by Gasteiger charge is -2.24. The average Bonchev–Trinajstić information content (AvgIpc) is 3.26.